The van der Waals surface area contributed by atoms with Crippen molar-refractivity contribution < 1.29 is 9.47 Å². The van der Waals surface area contributed by atoms with Crippen LogP contribution in [-0.4, -0.2) is 19.8 Å². The zero-order valence-electron chi connectivity index (χ0n) is 7.79. The van der Waals surface area contributed by atoms with E-state index in [4.69, 9.17) is 9.47 Å². The maximum atomic E-state index is 5.56. The van der Waals surface area contributed by atoms with E-state index in [0.29, 0.717) is 6.61 Å². The molecule has 0 N–H and O–H groups in total. The Hall–Kier alpha value is -0.540. The molecule has 0 aliphatic heterocycles. The number of hydrogen-bond acceptors (Lipinski definition) is 2. The van der Waals surface area contributed by atoms with E-state index in [-0.39, 0.29) is 6.10 Å². The summed E-state index contributed by atoms with van der Waals surface area (Å²) in [6.07, 6.45) is 0.0891. The van der Waals surface area contributed by atoms with Gasteiger partial charge in [-0.15, -0.1) is 0 Å². The molecule has 0 spiro atoms. The molecule has 0 saturated heterocycles. The zero-order valence-corrected chi connectivity index (χ0v) is 9.37. The Balaban J connectivity index is 2.49. The number of benzene rings is 1. The summed E-state index contributed by atoms with van der Waals surface area (Å²) >= 11 is 3.36. The van der Waals surface area contributed by atoms with Crippen LogP contribution < -0.4 is 4.74 Å². The standard InChI is InChI=1S/C10H13BrO2/c1-8(7-12-2)13-10-5-3-9(11)4-6-10/h3-6,8H,7H2,1-2H3. The van der Waals surface area contributed by atoms with Crippen molar-refractivity contribution in [2.24, 2.45) is 0 Å². The summed E-state index contributed by atoms with van der Waals surface area (Å²) in [4.78, 5) is 0. The lowest BCUT2D eigenvalue weighted by molar-refractivity contribution is 0.0921. The van der Waals surface area contributed by atoms with Gasteiger partial charge < -0.3 is 9.47 Å². The van der Waals surface area contributed by atoms with Crippen molar-refractivity contribution in [1.82, 2.24) is 0 Å². The highest BCUT2D eigenvalue weighted by molar-refractivity contribution is 9.10. The maximum absolute atomic E-state index is 5.56. The first-order valence-corrected chi connectivity index (χ1v) is 4.93. The van der Waals surface area contributed by atoms with E-state index >= 15 is 0 Å². The predicted octanol–water partition coefficient (Wildman–Crippen LogP) is 2.86. The van der Waals surface area contributed by atoms with Crippen LogP contribution in [0.1, 0.15) is 6.92 Å². The predicted molar refractivity (Wildman–Crippen MR) is 56.1 cm³/mol. The van der Waals surface area contributed by atoms with Crippen molar-refractivity contribution in [1.29, 1.82) is 0 Å². The second kappa shape index (κ2) is 5.25. The van der Waals surface area contributed by atoms with Crippen LogP contribution in [0.3, 0.4) is 0 Å². The van der Waals surface area contributed by atoms with Crippen LogP contribution in [0, 0.1) is 0 Å². The first-order chi connectivity index (χ1) is 6.22. The van der Waals surface area contributed by atoms with Gasteiger partial charge in [-0.05, 0) is 31.2 Å². The number of rotatable bonds is 4. The molecule has 0 aromatic heterocycles. The van der Waals surface area contributed by atoms with E-state index in [9.17, 15) is 0 Å². The third-order valence-electron chi connectivity index (χ3n) is 1.55. The van der Waals surface area contributed by atoms with Gasteiger partial charge in [0.2, 0.25) is 0 Å². The lowest BCUT2D eigenvalue weighted by Crippen LogP contribution is -2.17. The molecule has 2 nitrogen and oxygen atoms in total. The summed E-state index contributed by atoms with van der Waals surface area (Å²) in [7, 11) is 1.67. The Morgan fingerprint density at radius 2 is 1.92 bits per heavy atom. The third-order valence-corrected chi connectivity index (χ3v) is 2.08. The average molecular weight is 245 g/mol. The summed E-state index contributed by atoms with van der Waals surface area (Å²) in [5.74, 6) is 0.868. The van der Waals surface area contributed by atoms with Gasteiger partial charge >= 0.3 is 0 Å². The van der Waals surface area contributed by atoms with Crippen molar-refractivity contribution in [2.45, 2.75) is 13.0 Å². The minimum Gasteiger partial charge on any atom is -0.488 e. The van der Waals surface area contributed by atoms with Gasteiger partial charge in [0.05, 0.1) is 6.61 Å². The first kappa shape index (κ1) is 10.5. The molecule has 3 heteroatoms. The smallest absolute Gasteiger partial charge is 0.119 e. The van der Waals surface area contributed by atoms with E-state index in [1.54, 1.807) is 7.11 Å². The molecular weight excluding hydrogens is 232 g/mol. The van der Waals surface area contributed by atoms with Gasteiger partial charge in [-0.2, -0.15) is 0 Å². The highest BCUT2D eigenvalue weighted by Crippen LogP contribution is 2.17. The quantitative estimate of drug-likeness (QED) is 0.812. The summed E-state index contributed by atoms with van der Waals surface area (Å²) < 4.78 is 11.6. The largest absolute Gasteiger partial charge is 0.488 e. The Morgan fingerprint density at radius 1 is 1.31 bits per heavy atom. The van der Waals surface area contributed by atoms with E-state index in [2.05, 4.69) is 15.9 Å². The highest BCUT2D eigenvalue weighted by Gasteiger charge is 2.02. The number of halogens is 1. The number of ether oxygens (including phenoxy) is 2. The Labute approximate surface area is 87.0 Å². The number of methoxy groups -OCH3 is 1. The second-order valence-electron chi connectivity index (χ2n) is 2.84. The Morgan fingerprint density at radius 3 is 2.46 bits per heavy atom. The fourth-order valence-corrected chi connectivity index (χ4v) is 1.28. The minimum atomic E-state index is 0.0891. The zero-order chi connectivity index (χ0) is 9.68. The van der Waals surface area contributed by atoms with Crippen LogP contribution in [0.4, 0.5) is 0 Å². The van der Waals surface area contributed by atoms with E-state index in [1.165, 1.54) is 0 Å². The fraction of sp³-hybridized carbons (Fsp3) is 0.400. The van der Waals surface area contributed by atoms with Gasteiger partial charge in [0, 0.05) is 11.6 Å². The summed E-state index contributed by atoms with van der Waals surface area (Å²) in [6, 6.07) is 7.76. The molecule has 0 bridgehead atoms. The van der Waals surface area contributed by atoms with E-state index in [0.717, 1.165) is 10.2 Å². The Bertz CT molecular complexity index is 246. The first-order valence-electron chi connectivity index (χ1n) is 4.13. The Kier molecular flexibility index (Phi) is 4.25. The van der Waals surface area contributed by atoms with Crippen molar-refractivity contribution in [3.8, 4) is 5.75 Å². The maximum Gasteiger partial charge on any atom is 0.119 e. The van der Waals surface area contributed by atoms with Crippen molar-refractivity contribution in [2.75, 3.05) is 13.7 Å². The van der Waals surface area contributed by atoms with Crippen molar-refractivity contribution >= 4 is 15.9 Å². The molecule has 72 valence electrons. The SMILES string of the molecule is COCC(C)Oc1ccc(Br)cc1. The molecule has 0 amide bonds. The third kappa shape index (κ3) is 3.79. The summed E-state index contributed by atoms with van der Waals surface area (Å²) in [5, 5.41) is 0. The van der Waals surface area contributed by atoms with Crippen LogP contribution >= 0.6 is 15.9 Å². The van der Waals surface area contributed by atoms with Crippen LogP contribution in [0.5, 0.6) is 5.75 Å². The molecule has 0 heterocycles. The molecular formula is C10H13BrO2. The van der Waals surface area contributed by atoms with Gasteiger partial charge in [-0.3, -0.25) is 0 Å². The summed E-state index contributed by atoms with van der Waals surface area (Å²) in [6.45, 7) is 2.58. The monoisotopic (exact) mass is 244 g/mol. The molecule has 0 fully saturated rings. The molecule has 1 atom stereocenters. The fourth-order valence-electron chi connectivity index (χ4n) is 1.01. The van der Waals surface area contributed by atoms with Crippen molar-refractivity contribution in [3.63, 3.8) is 0 Å². The lowest BCUT2D eigenvalue weighted by Gasteiger charge is -2.13. The second-order valence-corrected chi connectivity index (χ2v) is 3.75. The van der Waals surface area contributed by atoms with Crippen LogP contribution in [-0.2, 0) is 4.74 Å². The molecule has 13 heavy (non-hydrogen) atoms. The molecule has 0 saturated carbocycles. The van der Waals surface area contributed by atoms with Gasteiger partial charge in [0.1, 0.15) is 11.9 Å². The van der Waals surface area contributed by atoms with Gasteiger partial charge in [0.25, 0.3) is 0 Å². The molecule has 0 aliphatic carbocycles. The van der Waals surface area contributed by atoms with Crippen LogP contribution in [0.15, 0.2) is 28.7 Å². The van der Waals surface area contributed by atoms with E-state index < -0.39 is 0 Å². The van der Waals surface area contributed by atoms with Crippen LogP contribution in [0.2, 0.25) is 0 Å². The minimum absolute atomic E-state index is 0.0891. The van der Waals surface area contributed by atoms with Gasteiger partial charge in [-0.1, -0.05) is 15.9 Å². The van der Waals surface area contributed by atoms with Gasteiger partial charge in [-0.25, -0.2) is 0 Å². The molecule has 0 radical (unpaired) electrons. The van der Waals surface area contributed by atoms with Gasteiger partial charge in [0.15, 0.2) is 0 Å². The average Bonchev–Trinajstić information content (AvgIpc) is 2.09. The molecule has 1 aromatic carbocycles. The lowest BCUT2D eigenvalue weighted by atomic mass is 10.3. The van der Waals surface area contributed by atoms with Crippen LogP contribution in [0.25, 0.3) is 0 Å². The van der Waals surface area contributed by atoms with E-state index in [1.807, 2.05) is 31.2 Å². The summed E-state index contributed by atoms with van der Waals surface area (Å²) in [5.41, 5.74) is 0. The van der Waals surface area contributed by atoms with Crippen molar-refractivity contribution in [3.05, 3.63) is 28.7 Å². The number of hydrogen-bond donors (Lipinski definition) is 0. The molecule has 1 rings (SSSR count). The molecule has 0 aliphatic rings. The highest BCUT2D eigenvalue weighted by atomic mass is 79.9. The topological polar surface area (TPSA) is 18.5 Å². The molecule has 1 unspecified atom stereocenters. The normalized spacial score (nSPS) is 12.5. The molecule has 1 aromatic rings.